The largest absolute Gasteiger partial charge is 0.481 e. The van der Waals surface area contributed by atoms with Crippen molar-refractivity contribution in [3.63, 3.8) is 0 Å². The minimum Gasteiger partial charge on any atom is -0.481 e. The van der Waals surface area contributed by atoms with Gasteiger partial charge in [-0.05, 0) is 138 Å². The van der Waals surface area contributed by atoms with Crippen molar-refractivity contribution >= 4 is 70.1 Å². The molecule has 7 heterocycles. The summed E-state index contributed by atoms with van der Waals surface area (Å²) >= 11 is 5.82. The van der Waals surface area contributed by atoms with E-state index in [1.807, 2.05) is 63.0 Å². The number of allylic oxidation sites excluding steroid dienone is 6. The average molecular weight is 1450 g/mol. The number of nitrogens with zero attached hydrogens (tertiary/aromatic N) is 9. The molecule has 8 rings (SSSR count). The molecule has 15 atom stereocenters. The predicted molar refractivity (Wildman–Crippen MR) is 392 cm³/mol. The standard InChI is InChI=1S/C77H113N9O16S/c1-49-17-13-12-14-18-50(2)64(96-9)43-60-23-20-55(7)77(95,102-60)72(92)73(93)86-27-16-15-19-61(86)74(94)101-65(44-62(88)51(3)40-54(6)70(91)71(98-11)69(90)53(5)39-49)52(4)41-57-21-24-63(66(42-57)97-10)100-68(103)25-22-58-45-78-75(79-46-58)85-34-32-83(33-35-85)67(89)26-37-99-38-36-82-28-30-84(31-29-82)76-80-47-59(48-81-76)56(8)87/h12-14,17-18,40,45-49,51-53,55,57,60-61,63-66,70-71,91,95H,15-16,19-39,41-44H2,1-11H3/b14-12+,17-13+,50-18+,54-40+/t49-,51-,52-,53-,55-,57+,60+,61+,63-,64+,65+,66-,70-,71+,77-/m1/s1. The molecular weight excluding hydrogens is 1340 g/mol. The van der Waals surface area contributed by atoms with Gasteiger partial charge in [0, 0.05) is 149 Å². The van der Waals surface area contributed by atoms with Gasteiger partial charge in [0.05, 0.1) is 43.5 Å². The number of thiocarbonyl (C=S) groups is 1. The fourth-order valence-electron chi connectivity index (χ4n) is 15.0. The van der Waals surface area contributed by atoms with E-state index >= 15 is 0 Å². The summed E-state index contributed by atoms with van der Waals surface area (Å²) in [6, 6.07) is -1.19. The molecule has 1 saturated carbocycles. The Balaban J connectivity index is 0.841. The topological polar surface area (TPSA) is 292 Å². The van der Waals surface area contributed by atoms with Gasteiger partial charge in [0.25, 0.3) is 11.7 Å². The van der Waals surface area contributed by atoms with E-state index in [4.69, 9.17) is 45.4 Å². The number of esters is 1. The van der Waals surface area contributed by atoms with Gasteiger partial charge in [-0.2, -0.15) is 0 Å². The van der Waals surface area contributed by atoms with Crippen molar-refractivity contribution in [1.29, 1.82) is 0 Å². The Morgan fingerprint density at radius 2 is 1.43 bits per heavy atom. The van der Waals surface area contributed by atoms with Gasteiger partial charge in [-0.3, -0.25) is 33.7 Å². The highest BCUT2D eigenvalue weighted by Gasteiger charge is 2.53. The number of anilines is 2. The maximum atomic E-state index is 14.8. The summed E-state index contributed by atoms with van der Waals surface area (Å²) in [6.07, 6.45) is 19.2. The van der Waals surface area contributed by atoms with Crippen molar-refractivity contribution in [2.45, 2.75) is 206 Å². The molecule has 2 aromatic rings. The summed E-state index contributed by atoms with van der Waals surface area (Å²) in [4.78, 5) is 125. The molecule has 25 nitrogen and oxygen atoms in total. The second-order valence-electron chi connectivity index (χ2n) is 29.3. The van der Waals surface area contributed by atoms with Crippen molar-refractivity contribution in [3.8, 4) is 0 Å². The van der Waals surface area contributed by atoms with Gasteiger partial charge in [-0.15, -0.1) is 0 Å². The Morgan fingerprint density at radius 3 is 2.09 bits per heavy atom. The van der Waals surface area contributed by atoms with Crippen molar-refractivity contribution in [3.05, 3.63) is 83.5 Å². The van der Waals surface area contributed by atoms with E-state index in [2.05, 4.69) is 34.6 Å². The Morgan fingerprint density at radius 1 is 0.748 bits per heavy atom. The maximum absolute atomic E-state index is 14.8. The van der Waals surface area contributed by atoms with Gasteiger partial charge < -0.3 is 63.0 Å². The van der Waals surface area contributed by atoms with Crippen LogP contribution in [0.3, 0.4) is 0 Å². The number of methoxy groups -OCH3 is 3. The van der Waals surface area contributed by atoms with E-state index in [9.17, 15) is 43.8 Å². The first kappa shape index (κ1) is 82.0. The minimum absolute atomic E-state index is 0.00769. The molecule has 6 aliphatic rings. The normalized spacial score (nSPS) is 31.7. The third-order valence-electron chi connectivity index (χ3n) is 21.7. The molecule has 0 radical (unpaired) electrons. The molecule has 568 valence electrons. The number of hydrogen-bond acceptors (Lipinski definition) is 24. The lowest BCUT2D eigenvalue weighted by atomic mass is 9.78. The Bertz CT molecular complexity index is 3300. The average Bonchev–Trinajstić information content (AvgIpc) is 0.774. The first-order chi connectivity index (χ1) is 49.3. The van der Waals surface area contributed by atoms with E-state index < -0.39 is 83.7 Å². The fraction of sp³-hybridized carbons (Fsp3) is 0.688. The number of aliphatic hydroxyl groups is 2. The number of aryl methyl sites for hydroxylation is 1. The molecule has 4 saturated heterocycles. The first-order valence-corrected chi connectivity index (χ1v) is 37.6. The molecule has 2 aromatic heterocycles. The minimum atomic E-state index is -2.47. The summed E-state index contributed by atoms with van der Waals surface area (Å²) in [5, 5.41) is 24.2. The van der Waals surface area contributed by atoms with E-state index in [1.165, 1.54) is 18.9 Å². The molecule has 5 fully saturated rings. The summed E-state index contributed by atoms with van der Waals surface area (Å²) in [7, 11) is 4.60. The number of aromatic nitrogens is 4. The zero-order valence-corrected chi connectivity index (χ0v) is 63.3. The van der Waals surface area contributed by atoms with Gasteiger partial charge in [-0.25, -0.2) is 24.7 Å². The van der Waals surface area contributed by atoms with E-state index in [0.717, 1.165) is 50.3 Å². The van der Waals surface area contributed by atoms with E-state index in [0.29, 0.717) is 145 Å². The summed E-state index contributed by atoms with van der Waals surface area (Å²) in [6.45, 7) is 21.4. The lowest BCUT2D eigenvalue weighted by Crippen LogP contribution is -2.61. The molecule has 5 aliphatic heterocycles. The second kappa shape index (κ2) is 39.7. The lowest BCUT2D eigenvalue weighted by molar-refractivity contribution is -0.265. The zero-order chi connectivity index (χ0) is 74.5. The monoisotopic (exact) mass is 1450 g/mol. The summed E-state index contributed by atoms with van der Waals surface area (Å²) < 4.78 is 42.6. The Hall–Kier alpha value is -6.62. The second-order valence-corrected chi connectivity index (χ2v) is 29.8. The van der Waals surface area contributed by atoms with Crippen molar-refractivity contribution in [2.75, 3.05) is 110 Å². The number of fused-ring (bicyclic) bond motifs is 3. The number of hydrogen-bond donors (Lipinski definition) is 2. The van der Waals surface area contributed by atoms with Crippen LogP contribution in [-0.4, -0.2) is 245 Å². The van der Waals surface area contributed by atoms with Crippen LogP contribution in [-0.2, 0) is 68.3 Å². The van der Waals surface area contributed by atoms with Gasteiger partial charge in [0.1, 0.15) is 36.2 Å². The lowest BCUT2D eigenvalue weighted by Gasteiger charge is -2.42. The molecule has 0 unspecified atom stereocenters. The number of ketones is 4. The number of carbonyl (C=O) groups is 7. The molecule has 1 aliphatic carbocycles. The zero-order valence-electron chi connectivity index (χ0n) is 62.5. The van der Waals surface area contributed by atoms with Crippen LogP contribution in [0.25, 0.3) is 0 Å². The molecule has 2 bridgehead atoms. The van der Waals surface area contributed by atoms with Crippen molar-refractivity contribution in [2.24, 2.45) is 35.5 Å². The van der Waals surface area contributed by atoms with Crippen molar-refractivity contribution < 1.29 is 76.9 Å². The smallest absolute Gasteiger partial charge is 0.329 e. The quantitative estimate of drug-likeness (QED) is 0.0338. The molecule has 103 heavy (non-hydrogen) atoms. The maximum Gasteiger partial charge on any atom is 0.329 e. The van der Waals surface area contributed by atoms with E-state index in [-0.39, 0.29) is 66.7 Å². The van der Waals surface area contributed by atoms with Gasteiger partial charge >= 0.3 is 5.97 Å². The van der Waals surface area contributed by atoms with Crippen LogP contribution in [0.1, 0.15) is 161 Å². The van der Waals surface area contributed by atoms with Crippen molar-refractivity contribution in [1.82, 2.24) is 34.6 Å². The van der Waals surface area contributed by atoms with Crippen LogP contribution in [0.4, 0.5) is 11.9 Å². The predicted octanol–water partition coefficient (Wildman–Crippen LogP) is 7.83. The molecule has 2 amide bonds. The Labute approximate surface area is 613 Å². The third-order valence-corrected chi connectivity index (χ3v) is 22.0. The molecule has 0 spiro atoms. The van der Waals surface area contributed by atoms with Crippen LogP contribution in [0.5, 0.6) is 0 Å². The van der Waals surface area contributed by atoms with E-state index in [1.54, 1.807) is 65.9 Å². The molecular formula is C77H113N9O16S. The number of ether oxygens (including phenoxy) is 7. The van der Waals surface area contributed by atoms with Crippen LogP contribution < -0.4 is 9.80 Å². The highest BCUT2D eigenvalue weighted by molar-refractivity contribution is 7.80. The van der Waals surface area contributed by atoms with Crippen LogP contribution >= 0.6 is 12.2 Å². The number of Topliss-reactive ketones (excluding diaryl/α,β-unsaturated/α-hetero) is 4. The third kappa shape index (κ3) is 22.9. The highest BCUT2D eigenvalue weighted by Crippen LogP contribution is 2.39. The summed E-state index contributed by atoms with van der Waals surface area (Å²) in [5.41, 5.74) is 2.63. The number of cyclic esters (lactones) is 1. The molecule has 0 aromatic carbocycles. The number of piperazine rings is 2. The number of aliphatic hydroxyl groups excluding tert-OH is 1. The summed E-state index contributed by atoms with van der Waals surface area (Å²) in [5.74, 6) is -7.13. The Kier molecular flexibility index (Phi) is 31.6. The number of piperidine rings is 1. The van der Waals surface area contributed by atoms with Gasteiger partial charge in [0.15, 0.2) is 16.6 Å². The van der Waals surface area contributed by atoms with Crippen LogP contribution in [0.2, 0.25) is 0 Å². The highest BCUT2D eigenvalue weighted by atomic mass is 32.1. The number of rotatable bonds is 19. The van der Waals surface area contributed by atoms with Gasteiger partial charge in [0.2, 0.25) is 23.6 Å². The fourth-order valence-corrected chi connectivity index (χ4v) is 15.2. The SMILES string of the molecule is CO[C@H]1C[C@@H]2CC[C@@H](C)[C@@](O)(O2)C(=O)C(=O)N2CCCC[C@H]2C(=O)O[C@H]([C@H](C)C[C@@H]2CC[C@@H](OC(=S)CCc3cnc(N4CCN(C(=O)CCOCCN5CCN(c6ncc(C(C)=O)cn6)CC5)CC4)nc3)[C@H](OC)C2)CC(=O)[C@H](C)/C=C(\C)[C@@H](O)[C@@H](OC)C(=O)[C@H](C)C[C@H](C)/C=C/C=C/C=C/1C. The molecule has 2 N–H and O–H groups in total. The van der Waals surface area contributed by atoms with Crippen LogP contribution in [0, 0.1) is 35.5 Å². The first-order valence-electron chi connectivity index (χ1n) is 37.2. The van der Waals surface area contributed by atoms with Crippen LogP contribution in [0.15, 0.2) is 72.4 Å². The number of amides is 2. The van der Waals surface area contributed by atoms with Gasteiger partial charge in [-0.1, -0.05) is 71.1 Å². The molecule has 26 heteroatoms. The number of carbonyl (C=O) groups excluding carboxylic acids is 7.